The lowest BCUT2D eigenvalue weighted by Gasteiger charge is -2.31. The Morgan fingerprint density at radius 2 is 2.14 bits per heavy atom. The fraction of sp³-hybridized carbons (Fsp3) is 0.562. The fourth-order valence-electron chi connectivity index (χ4n) is 2.45. The Bertz CT molecular complexity index is 447. The van der Waals surface area contributed by atoms with Gasteiger partial charge in [-0.05, 0) is 31.5 Å². The molecule has 0 spiro atoms. The monoisotopic (exact) mass is 292 g/mol. The molecule has 2 rings (SSSR count). The van der Waals surface area contributed by atoms with E-state index in [9.17, 15) is 4.79 Å². The number of benzene rings is 1. The van der Waals surface area contributed by atoms with Crippen LogP contribution in [0.5, 0.6) is 5.75 Å². The van der Waals surface area contributed by atoms with Gasteiger partial charge in [0.2, 0.25) is 0 Å². The van der Waals surface area contributed by atoms with E-state index in [0.717, 1.165) is 26.2 Å². The second-order valence-electron chi connectivity index (χ2n) is 5.33. The highest BCUT2D eigenvalue weighted by molar-refractivity contribution is 5.71. The van der Waals surface area contributed by atoms with Crippen LogP contribution in [0.4, 0.5) is 0 Å². The number of rotatable bonds is 6. The van der Waals surface area contributed by atoms with Gasteiger partial charge >= 0.3 is 5.97 Å². The van der Waals surface area contributed by atoms with Gasteiger partial charge in [-0.15, -0.1) is 0 Å². The lowest BCUT2D eigenvalue weighted by Crippen LogP contribution is -2.48. The molecule has 116 valence electrons. The van der Waals surface area contributed by atoms with Crippen molar-refractivity contribution < 1.29 is 14.3 Å². The zero-order chi connectivity index (χ0) is 15.1. The standard InChI is InChI=1S/C16H24N2O3/c1-3-20-16(19)12-21-15-6-4-14(5-7-15)11-18-9-8-17-13(2)10-18/h4-7,13,17H,3,8-12H2,1-2H3/t13-/m1/s1. The molecule has 0 radical (unpaired) electrons. The number of hydrogen-bond acceptors (Lipinski definition) is 5. The predicted octanol–water partition coefficient (Wildman–Crippen LogP) is 1.42. The van der Waals surface area contributed by atoms with Crippen molar-refractivity contribution in [1.82, 2.24) is 10.2 Å². The van der Waals surface area contributed by atoms with Crippen LogP contribution in [0.3, 0.4) is 0 Å². The van der Waals surface area contributed by atoms with Crippen molar-refractivity contribution in [2.45, 2.75) is 26.4 Å². The van der Waals surface area contributed by atoms with Crippen molar-refractivity contribution in [2.24, 2.45) is 0 Å². The summed E-state index contributed by atoms with van der Waals surface area (Å²) in [6.45, 7) is 8.47. The van der Waals surface area contributed by atoms with Gasteiger partial charge < -0.3 is 14.8 Å². The topological polar surface area (TPSA) is 50.8 Å². The Morgan fingerprint density at radius 3 is 2.81 bits per heavy atom. The molecule has 0 amide bonds. The van der Waals surface area contributed by atoms with Gasteiger partial charge in [0.1, 0.15) is 5.75 Å². The van der Waals surface area contributed by atoms with Crippen LogP contribution in [0.25, 0.3) is 0 Å². The van der Waals surface area contributed by atoms with E-state index in [4.69, 9.17) is 9.47 Å². The smallest absolute Gasteiger partial charge is 0.344 e. The number of hydrogen-bond donors (Lipinski definition) is 1. The van der Waals surface area contributed by atoms with Gasteiger partial charge in [-0.3, -0.25) is 4.90 Å². The summed E-state index contributed by atoms with van der Waals surface area (Å²) in [7, 11) is 0. The summed E-state index contributed by atoms with van der Waals surface area (Å²) in [5, 5.41) is 3.44. The molecule has 1 aliphatic rings. The lowest BCUT2D eigenvalue weighted by atomic mass is 10.1. The quantitative estimate of drug-likeness (QED) is 0.804. The molecule has 1 fully saturated rings. The van der Waals surface area contributed by atoms with Crippen LogP contribution in [-0.4, -0.2) is 49.8 Å². The van der Waals surface area contributed by atoms with Crippen LogP contribution in [0.15, 0.2) is 24.3 Å². The third kappa shape index (κ3) is 5.36. The van der Waals surface area contributed by atoms with Crippen molar-refractivity contribution in [1.29, 1.82) is 0 Å². The maximum atomic E-state index is 11.2. The summed E-state index contributed by atoms with van der Waals surface area (Å²) >= 11 is 0. The summed E-state index contributed by atoms with van der Waals surface area (Å²) in [6.07, 6.45) is 0. The number of piperazine rings is 1. The first-order valence-electron chi connectivity index (χ1n) is 7.50. The largest absolute Gasteiger partial charge is 0.482 e. The molecule has 0 saturated carbocycles. The minimum Gasteiger partial charge on any atom is -0.482 e. The molecule has 21 heavy (non-hydrogen) atoms. The molecule has 1 atom stereocenters. The minimum absolute atomic E-state index is 0.0392. The summed E-state index contributed by atoms with van der Waals surface area (Å²) in [5.41, 5.74) is 1.26. The lowest BCUT2D eigenvalue weighted by molar-refractivity contribution is -0.145. The maximum absolute atomic E-state index is 11.2. The minimum atomic E-state index is -0.337. The number of esters is 1. The first kappa shape index (κ1) is 15.8. The normalized spacial score (nSPS) is 19.2. The Labute approximate surface area is 126 Å². The average molecular weight is 292 g/mol. The second-order valence-corrected chi connectivity index (χ2v) is 5.33. The van der Waals surface area contributed by atoms with Gasteiger partial charge in [-0.2, -0.15) is 0 Å². The molecule has 5 heteroatoms. The van der Waals surface area contributed by atoms with Gasteiger partial charge in [-0.25, -0.2) is 4.79 Å². The Balaban J connectivity index is 1.80. The van der Waals surface area contributed by atoms with Gasteiger partial charge in [0, 0.05) is 32.2 Å². The molecule has 1 heterocycles. The molecular formula is C16H24N2O3. The van der Waals surface area contributed by atoms with Gasteiger partial charge in [-0.1, -0.05) is 12.1 Å². The summed E-state index contributed by atoms with van der Waals surface area (Å²) in [4.78, 5) is 13.7. The highest BCUT2D eigenvalue weighted by atomic mass is 16.6. The second kappa shape index (κ2) is 8.00. The number of ether oxygens (including phenoxy) is 2. The van der Waals surface area contributed by atoms with Crippen LogP contribution in [0, 0.1) is 0 Å². The Hall–Kier alpha value is -1.59. The Morgan fingerprint density at radius 1 is 1.38 bits per heavy atom. The number of carbonyl (C=O) groups excluding carboxylic acids is 1. The van der Waals surface area contributed by atoms with Crippen molar-refractivity contribution in [3.63, 3.8) is 0 Å². The van der Waals surface area contributed by atoms with Crippen LogP contribution < -0.4 is 10.1 Å². The molecule has 0 aliphatic carbocycles. The molecule has 1 aromatic rings. The zero-order valence-electron chi connectivity index (χ0n) is 12.8. The van der Waals surface area contributed by atoms with E-state index >= 15 is 0 Å². The molecule has 5 nitrogen and oxygen atoms in total. The average Bonchev–Trinajstić information content (AvgIpc) is 2.47. The van der Waals surface area contributed by atoms with E-state index in [2.05, 4.69) is 17.1 Å². The van der Waals surface area contributed by atoms with E-state index in [0.29, 0.717) is 18.4 Å². The van der Waals surface area contributed by atoms with E-state index in [1.165, 1.54) is 5.56 Å². The summed E-state index contributed by atoms with van der Waals surface area (Å²) in [6, 6.07) is 8.45. The van der Waals surface area contributed by atoms with Gasteiger partial charge in [0.25, 0.3) is 0 Å². The van der Waals surface area contributed by atoms with Gasteiger partial charge in [0.05, 0.1) is 6.61 Å². The third-order valence-corrected chi connectivity index (χ3v) is 3.44. The Kier molecular flexibility index (Phi) is 6.02. The van der Waals surface area contributed by atoms with Crippen molar-refractivity contribution in [3.8, 4) is 5.75 Å². The van der Waals surface area contributed by atoms with Crippen LogP contribution in [-0.2, 0) is 16.1 Å². The molecule has 1 aliphatic heterocycles. The number of nitrogens with zero attached hydrogens (tertiary/aromatic N) is 1. The van der Waals surface area contributed by atoms with E-state index in [1.807, 2.05) is 24.3 Å². The number of carbonyl (C=O) groups is 1. The van der Waals surface area contributed by atoms with Crippen molar-refractivity contribution in [3.05, 3.63) is 29.8 Å². The zero-order valence-corrected chi connectivity index (χ0v) is 12.8. The molecule has 0 bridgehead atoms. The van der Waals surface area contributed by atoms with E-state index < -0.39 is 0 Å². The molecule has 1 saturated heterocycles. The molecule has 0 unspecified atom stereocenters. The van der Waals surface area contributed by atoms with Crippen LogP contribution >= 0.6 is 0 Å². The van der Waals surface area contributed by atoms with E-state index in [1.54, 1.807) is 6.92 Å². The highest BCUT2D eigenvalue weighted by Crippen LogP contribution is 2.14. The molecular weight excluding hydrogens is 268 g/mol. The van der Waals surface area contributed by atoms with Crippen LogP contribution in [0.1, 0.15) is 19.4 Å². The van der Waals surface area contributed by atoms with Crippen molar-refractivity contribution in [2.75, 3.05) is 32.8 Å². The fourth-order valence-corrected chi connectivity index (χ4v) is 2.45. The predicted molar refractivity (Wildman–Crippen MR) is 81.3 cm³/mol. The van der Waals surface area contributed by atoms with E-state index in [-0.39, 0.29) is 12.6 Å². The third-order valence-electron chi connectivity index (χ3n) is 3.44. The first-order chi connectivity index (χ1) is 10.2. The van der Waals surface area contributed by atoms with Gasteiger partial charge in [0.15, 0.2) is 6.61 Å². The van der Waals surface area contributed by atoms with Crippen LogP contribution in [0.2, 0.25) is 0 Å². The summed E-state index contributed by atoms with van der Waals surface area (Å²) < 4.78 is 10.2. The SMILES string of the molecule is CCOC(=O)COc1ccc(CN2CCN[C@H](C)C2)cc1. The molecule has 1 N–H and O–H groups in total. The summed E-state index contributed by atoms with van der Waals surface area (Å²) in [5.74, 6) is 0.358. The molecule has 0 aromatic heterocycles. The molecule has 1 aromatic carbocycles. The maximum Gasteiger partial charge on any atom is 0.344 e. The highest BCUT2D eigenvalue weighted by Gasteiger charge is 2.15. The van der Waals surface area contributed by atoms with Crippen molar-refractivity contribution >= 4 is 5.97 Å². The number of nitrogens with one attached hydrogen (secondary N) is 1. The first-order valence-corrected chi connectivity index (χ1v) is 7.50.